The molecule has 0 spiro atoms. The molecule has 46 heavy (non-hydrogen) atoms. The highest BCUT2D eigenvalue weighted by molar-refractivity contribution is 7.90. The van der Waals surface area contributed by atoms with E-state index >= 15 is 0 Å². The molecule has 7 nitrogen and oxygen atoms in total. The molecule has 0 radical (unpaired) electrons. The molecule has 2 heterocycles. The molecule has 0 bridgehead atoms. The molecule has 0 unspecified atom stereocenters. The molecule has 0 aliphatic heterocycles. The summed E-state index contributed by atoms with van der Waals surface area (Å²) in [6.45, 7) is 6.93. The number of hydrogen-bond acceptors (Lipinski definition) is 5. The summed E-state index contributed by atoms with van der Waals surface area (Å²) in [7, 11) is -4.00. The molecule has 6 aromatic rings. The summed E-state index contributed by atoms with van der Waals surface area (Å²) in [4.78, 5) is 5.35. The summed E-state index contributed by atoms with van der Waals surface area (Å²) in [5.41, 5.74) is 5.28. The van der Waals surface area contributed by atoms with Crippen LogP contribution in [0.15, 0.2) is 108 Å². The van der Waals surface area contributed by atoms with E-state index in [1.165, 1.54) is 3.97 Å². The number of halogens is 2. The molecule has 4 aromatic carbocycles. The first kappa shape index (κ1) is 32.0. The molecule has 2 aromatic heterocycles. The third kappa shape index (κ3) is 6.24. The fraction of sp³-hybridized carbons (Fsp3) is 0.194. The highest BCUT2D eigenvalue weighted by atomic mass is 35.5. The largest absolute Gasteiger partial charge is 0.346 e. The van der Waals surface area contributed by atoms with E-state index in [1.807, 2.05) is 86.0 Å². The summed E-state index contributed by atoms with van der Waals surface area (Å²) in [5.74, 6) is 0.559. The highest BCUT2D eigenvalue weighted by Crippen LogP contribution is 2.41. The molecule has 0 atom stereocenters. The van der Waals surface area contributed by atoms with Crippen molar-refractivity contribution in [2.24, 2.45) is 0 Å². The maximum absolute atomic E-state index is 14.2. The Bertz CT molecular complexity index is 2080. The van der Waals surface area contributed by atoms with E-state index in [0.717, 1.165) is 16.7 Å². The van der Waals surface area contributed by atoms with Crippen LogP contribution in [0.3, 0.4) is 0 Å². The van der Waals surface area contributed by atoms with Crippen LogP contribution >= 0.6 is 23.2 Å². The molecule has 0 saturated carbocycles. The molecule has 0 fully saturated rings. The predicted octanol–water partition coefficient (Wildman–Crippen LogP) is 9.14. The van der Waals surface area contributed by atoms with Gasteiger partial charge in [-0.05, 0) is 62.7 Å². The van der Waals surface area contributed by atoms with Crippen molar-refractivity contribution >= 4 is 44.1 Å². The van der Waals surface area contributed by atoms with Crippen LogP contribution in [0.2, 0.25) is 10.0 Å². The smallest absolute Gasteiger partial charge is 0.268 e. The number of benzene rings is 4. The van der Waals surface area contributed by atoms with Crippen LogP contribution in [0.1, 0.15) is 37.1 Å². The first-order valence-electron chi connectivity index (χ1n) is 15.0. The van der Waals surface area contributed by atoms with E-state index < -0.39 is 16.3 Å². The van der Waals surface area contributed by atoms with Crippen molar-refractivity contribution in [3.05, 3.63) is 130 Å². The van der Waals surface area contributed by atoms with Gasteiger partial charge in [-0.25, -0.2) is 17.4 Å². The Hall–Kier alpha value is -3.92. The van der Waals surface area contributed by atoms with E-state index in [1.54, 1.807) is 42.6 Å². The topological polar surface area (TPSA) is 75.3 Å². The van der Waals surface area contributed by atoms with E-state index in [0.29, 0.717) is 63.5 Å². The first-order chi connectivity index (χ1) is 22.2. The summed E-state index contributed by atoms with van der Waals surface area (Å²) < 4.78 is 44.0. The third-order valence-corrected chi connectivity index (χ3v) is 9.89. The summed E-state index contributed by atoms with van der Waals surface area (Å²) in [5, 5.41) is 1.75. The Morgan fingerprint density at radius 2 is 1.48 bits per heavy atom. The van der Waals surface area contributed by atoms with Crippen molar-refractivity contribution in [2.75, 3.05) is 13.2 Å². The van der Waals surface area contributed by atoms with Crippen molar-refractivity contribution in [1.29, 1.82) is 0 Å². The molecule has 0 aliphatic carbocycles. The molecular formula is C36H33Cl2N3O4S. The highest BCUT2D eigenvalue weighted by Gasteiger charge is 2.30. The lowest BCUT2D eigenvalue weighted by molar-refractivity contribution is -0.146. The SMILES string of the molecule is CCOC(OCC)c1nc(-c2ccccc2)c(-c2cn(S(=O)(=O)c3ccc(C)cc3)c3cc(Cl)ccc23)n1Cc1ccc(Cl)cc1. The Balaban J connectivity index is 1.69. The number of imidazole rings is 1. The predicted molar refractivity (Wildman–Crippen MR) is 184 cm³/mol. The van der Waals surface area contributed by atoms with E-state index in [-0.39, 0.29) is 4.90 Å². The maximum atomic E-state index is 14.2. The molecule has 6 rings (SSSR count). The van der Waals surface area contributed by atoms with E-state index in [9.17, 15) is 8.42 Å². The second kappa shape index (κ2) is 13.4. The van der Waals surface area contributed by atoms with Gasteiger partial charge in [0, 0.05) is 52.5 Å². The Morgan fingerprint density at radius 1 is 0.826 bits per heavy atom. The van der Waals surface area contributed by atoms with E-state index in [4.69, 9.17) is 37.7 Å². The quantitative estimate of drug-likeness (QED) is 0.128. The van der Waals surface area contributed by atoms with Gasteiger partial charge in [0.1, 0.15) is 0 Å². The monoisotopic (exact) mass is 673 g/mol. The minimum atomic E-state index is -4.00. The third-order valence-electron chi connectivity index (χ3n) is 7.71. The van der Waals surface area contributed by atoms with Crippen molar-refractivity contribution in [2.45, 2.75) is 38.5 Å². The Kier molecular flexibility index (Phi) is 9.36. The van der Waals surface area contributed by atoms with Gasteiger partial charge in [-0.1, -0.05) is 89.4 Å². The lowest BCUT2D eigenvalue weighted by Gasteiger charge is -2.19. The van der Waals surface area contributed by atoms with Crippen molar-refractivity contribution in [1.82, 2.24) is 13.5 Å². The summed E-state index contributed by atoms with van der Waals surface area (Å²) >= 11 is 12.7. The second-order valence-electron chi connectivity index (χ2n) is 10.8. The number of fused-ring (bicyclic) bond motifs is 1. The average molecular weight is 675 g/mol. The van der Waals surface area contributed by atoms with E-state index in [2.05, 4.69) is 0 Å². The van der Waals surface area contributed by atoms with Crippen LogP contribution in [0.5, 0.6) is 0 Å². The van der Waals surface area contributed by atoms with Crippen molar-refractivity contribution in [3.8, 4) is 22.5 Å². The van der Waals surface area contributed by atoms with Gasteiger partial charge in [0.05, 0.1) is 21.8 Å². The lowest BCUT2D eigenvalue weighted by atomic mass is 10.0. The maximum Gasteiger partial charge on any atom is 0.268 e. The molecule has 236 valence electrons. The number of rotatable bonds is 11. The second-order valence-corrected chi connectivity index (χ2v) is 13.5. The number of ether oxygens (including phenoxy) is 2. The summed E-state index contributed by atoms with van der Waals surface area (Å²) in [6.07, 6.45) is 0.899. The normalized spacial score (nSPS) is 12.0. The Labute approximate surface area is 279 Å². The number of aryl methyl sites for hydroxylation is 1. The van der Waals surface area contributed by atoms with Crippen molar-refractivity contribution < 1.29 is 17.9 Å². The van der Waals surface area contributed by atoms with Gasteiger partial charge in [0.25, 0.3) is 10.0 Å². The standard InChI is InChI=1S/C36H33Cl2N3O4S/c1-4-44-36(45-5-2)35-39-33(26-9-7-6-8-10-26)34(40(35)22-25-13-15-27(37)16-14-25)31-23-41(32-21-28(38)17-20-30(31)32)46(42,43)29-18-11-24(3)12-19-29/h6-21,23,36H,4-5,22H2,1-3H3. The van der Waals surface area contributed by atoms with Crippen molar-refractivity contribution in [3.63, 3.8) is 0 Å². The van der Waals surface area contributed by atoms with Crippen LogP contribution in [-0.2, 0) is 26.0 Å². The first-order valence-corrected chi connectivity index (χ1v) is 17.2. The molecule has 10 heteroatoms. The molecule has 0 N–H and O–H groups in total. The fourth-order valence-electron chi connectivity index (χ4n) is 5.54. The van der Waals surface area contributed by atoms with Crippen LogP contribution in [0.4, 0.5) is 0 Å². The van der Waals surface area contributed by atoms with Gasteiger partial charge < -0.3 is 14.0 Å². The lowest BCUT2D eigenvalue weighted by Crippen LogP contribution is -2.16. The fourth-order valence-corrected chi connectivity index (χ4v) is 7.19. The zero-order valence-electron chi connectivity index (χ0n) is 25.7. The van der Waals surface area contributed by atoms with Gasteiger partial charge in [0.15, 0.2) is 5.82 Å². The molecular weight excluding hydrogens is 641 g/mol. The zero-order valence-corrected chi connectivity index (χ0v) is 28.0. The van der Waals surface area contributed by atoms with Crippen LogP contribution in [0, 0.1) is 6.92 Å². The summed E-state index contributed by atoms with van der Waals surface area (Å²) in [6, 6.07) is 29.5. The zero-order chi connectivity index (χ0) is 32.4. The number of nitrogens with zero attached hydrogens (tertiary/aromatic N) is 3. The van der Waals surface area contributed by atoms with Crippen LogP contribution < -0.4 is 0 Å². The molecule has 0 amide bonds. The molecule has 0 aliphatic rings. The van der Waals surface area contributed by atoms with Gasteiger partial charge in [0.2, 0.25) is 6.29 Å². The van der Waals surface area contributed by atoms with Gasteiger partial charge in [-0.2, -0.15) is 0 Å². The molecule has 0 saturated heterocycles. The van der Waals surface area contributed by atoms with Crippen LogP contribution in [-0.4, -0.2) is 35.2 Å². The van der Waals surface area contributed by atoms with Crippen LogP contribution in [0.25, 0.3) is 33.4 Å². The number of aromatic nitrogens is 3. The minimum absolute atomic E-state index is 0.174. The Morgan fingerprint density at radius 3 is 2.13 bits per heavy atom. The van der Waals surface area contributed by atoms with Gasteiger partial charge in [-0.3, -0.25) is 0 Å². The average Bonchev–Trinajstić information content (AvgIpc) is 3.61. The number of hydrogen-bond donors (Lipinski definition) is 0. The van der Waals surface area contributed by atoms with Gasteiger partial charge >= 0.3 is 0 Å². The van der Waals surface area contributed by atoms with Gasteiger partial charge in [-0.15, -0.1) is 0 Å². The minimum Gasteiger partial charge on any atom is -0.346 e.